The van der Waals surface area contributed by atoms with Gasteiger partial charge in [-0.25, -0.2) is 0 Å². The lowest BCUT2D eigenvalue weighted by Gasteiger charge is -2.06. The summed E-state index contributed by atoms with van der Waals surface area (Å²) in [5.41, 5.74) is 7.17. The van der Waals surface area contributed by atoms with Gasteiger partial charge in [0.25, 0.3) is 5.91 Å². The molecule has 0 saturated heterocycles. The Morgan fingerprint density at radius 3 is 2.89 bits per heavy atom. The van der Waals surface area contributed by atoms with Crippen LogP contribution < -0.4 is 11.1 Å². The quantitative estimate of drug-likeness (QED) is 0.764. The molecule has 1 amide bonds. The van der Waals surface area contributed by atoms with E-state index in [0.717, 1.165) is 12.0 Å². The third-order valence-electron chi connectivity index (χ3n) is 2.56. The minimum absolute atomic E-state index is 0.123. The first-order valence-electron chi connectivity index (χ1n) is 6.09. The Bertz CT molecular complexity index is 421. The van der Waals surface area contributed by atoms with Gasteiger partial charge in [0.2, 0.25) is 0 Å². The summed E-state index contributed by atoms with van der Waals surface area (Å²) >= 11 is 0. The summed E-state index contributed by atoms with van der Waals surface area (Å²) in [4.78, 5) is 11.8. The van der Waals surface area contributed by atoms with Gasteiger partial charge >= 0.3 is 0 Å². The highest BCUT2D eigenvalue weighted by atomic mass is 32.2. The minimum atomic E-state index is -0.838. The van der Waals surface area contributed by atoms with Crippen molar-refractivity contribution in [3.63, 3.8) is 0 Å². The van der Waals surface area contributed by atoms with Gasteiger partial charge in [-0.3, -0.25) is 9.00 Å². The maximum atomic E-state index is 11.8. The van der Waals surface area contributed by atoms with Crippen LogP contribution in [0.3, 0.4) is 0 Å². The molecule has 0 saturated carbocycles. The zero-order valence-corrected chi connectivity index (χ0v) is 11.5. The lowest BCUT2D eigenvalue weighted by atomic mass is 10.1. The van der Waals surface area contributed by atoms with E-state index < -0.39 is 10.8 Å². The molecule has 1 rings (SSSR count). The van der Waals surface area contributed by atoms with Crippen molar-refractivity contribution in [2.75, 3.05) is 24.6 Å². The molecule has 4 nitrogen and oxygen atoms in total. The summed E-state index contributed by atoms with van der Waals surface area (Å²) in [5, 5.41) is 2.77. The van der Waals surface area contributed by atoms with Crippen LogP contribution in [0, 0.1) is 0 Å². The van der Waals surface area contributed by atoms with Crippen molar-refractivity contribution < 1.29 is 9.00 Å². The molecular weight excluding hydrogens is 248 g/mol. The van der Waals surface area contributed by atoms with E-state index in [-0.39, 0.29) is 5.91 Å². The van der Waals surface area contributed by atoms with Crippen LogP contribution in [0.5, 0.6) is 0 Å². The molecule has 1 aromatic carbocycles. The minimum Gasteiger partial charge on any atom is -0.351 e. The monoisotopic (exact) mass is 268 g/mol. The van der Waals surface area contributed by atoms with Gasteiger partial charge in [-0.15, -0.1) is 0 Å². The maximum absolute atomic E-state index is 11.8. The number of hydrogen-bond donors (Lipinski definition) is 2. The van der Waals surface area contributed by atoms with Gasteiger partial charge in [0.1, 0.15) is 0 Å². The van der Waals surface area contributed by atoms with E-state index >= 15 is 0 Å². The average molecular weight is 268 g/mol. The molecule has 0 fully saturated rings. The Morgan fingerprint density at radius 2 is 2.22 bits per heavy atom. The summed E-state index contributed by atoms with van der Waals surface area (Å²) in [7, 11) is -0.838. The molecule has 1 aromatic rings. The Balaban J connectivity index is 2.50. The van der Waals surface area contributed by atoms with Crippen molar-refractivity contribution in [3.05, 3.63) is 35.4 Å². The largest absolute Gasteiger partial charge is 0.351 e. The first-order chi connectivity index (χ1) is 8.67. The Kier molecular flexibility index (Phi) is 6.60. The summed E-state index contributed by atoms with van der Waals surface area (Å²) in [5.74, 6) is 1.01. The zero-order chi connectivity index (χ0) is 13.4. The van der Waals surface area contributed by atoms with Gasteiger partial charge in [0.15, 0.2) is 0 Å². The smallest absolute Gasteiger partial charge is 0.251 e. The highest BCUT2D eigenvalue weighted by molar-refractivity contribution is 7.84. The highest BCUT2D eigenvalue weighted by Gasteiger charge is 2.06. The fourth-order valence-corrected chi connectivity index (χ4v) is 2.18. The maximum Gasteiger partial charge on any atom is 0.251 e. The van der Waals surface area contributed by atoms with Crippen molar-refractivity contribution in [2.45, 2.75) is 13.3 Å². The van der Waals surface area contributed by atoms with E-state index in [0.29, 0.717) is 30.2 Å². The molecular formula is C13H20N2O2S. The summed E-state index contributed by atoms with van der Waals surface area (Å²) in [6, 6.07) is 7.42. The SMILES string of the molecule is CCS(=O)CCNC(=O)c1cccc(CCN)c1. The fraction of sp³-hybridized carbons (Fsp3) is 0.462. The van der Waals surface area contributed by atoms with Gasteiger partial charge < -0.3 is 11.1 Å². The van der Waals surface area contributed by atoms with Crippen molar-refractivity contribution in [1.82, 2.24) is 5.32 Å². The topological polar surface area (TPSA) is 72.2 Å². The van der Waals surface area contributed by atoms with Crippen LogP contribution in [0.25, 0.3) is 0 Å². The van der Waals surface area contributed by atoms with Gasteiger partial charge in [-0.05, 0) is 30.7 Å². The second kappa shape index (κ2) is 8.00. The van der Waals surface area contributed by atoms with Crippen LogP contribution in [-0.4, -0.2) is 34.7 Å². The number of rotatable bonds is 7. The molecule has 5 heteroatoms. The van der Waals surface area contributed by atoms with Crippen molar-refractivity contribution in [2.24, 2.45) is 5.73 Å². The number of nitrogens with one attached hydrogen (secondary N) is 1. The van der Waals surface area contributed by atoms with Crippen LogP contribution in [0.15, 0.2) is 24.3 Å². The van der Waals surface area contributed by atoms with Crippen molar-refractivity contribution in [1.29, 1.82) is 0 Å². The predicted molar refractivity (Wildman–Crippen MR) is 75.1 cm³/mol. The number of carbonyl (C=O) groups excluding carboxylic acids is 1. The van der Waals surface area contributed by atoms with E-state index in [9.17, 15) is 9.00 Å². The molecule has 3 N–H and O–H groups in total. The summed E-state index contributed by atoms with van der Waals surface area (Å²) < 4.78 is 11.2. The van der Waals surface area contributed by atoms with Crippen molar-refractivity contribution >= 4 is 16.7 Å². The molecule has 0 heterocycles. The molecule has 0 bridgehead atoms. The molecule has 0 aliphatic carbocycles. The molecule has 0 radical (unpaired) electrons. The lowest BCUT2D eigenvalue weighted by Crippen LogP contribution is -2.28. The van der Waals surface area contributed by atoms with Crippen LogP contribution in [-0.2, 0) is 17.2 Å². The molecule has 1 atom stereocenters. The normalized spacial score (nSPS) is 12.1. The molecule has 100 valence electrons. The molecule has 0 aliphatic heterocycles. The standard InChI is InChI=1S/C13H20N2O2S/c1-2-18(17)9-8-15-13(16)12-5-3-4-11(10-12)6-7-14/h3-5,10H,2,6-9,14H2,1H3,(H,15,16). The van der Waals surface area contributed by atoms with Gasteiger partial charge in [0, 0.05) is 34.4 Å². The zero-order valence-electron chi connectivity index (χ0n) is 10.6. The summed E-state index contributed by atoms with van der Waals surface area (Å²) in [6.45, 7) is 2.88. The highest BCUT2D eigenvalue weighted by Crippen LogP contribution is 2.05. The number of hydrogen-bond acceptors (Lipinski definition) is 3. The first kappa shape index (κ1) is 14.9. The molecule has 0 aromatic heterocycles. The first-order valence-corrected chi connectivity index (χ1v) is 7.58. The number of nitrogens with two attached hydrogens (primary N) is 1. The van der Waals surface area contributed by atoms with E-state index in [4.69, 9.17) is 5.73 Å². The van der Waals surface area contributed by atoms with Gasteiger partial charge in [0.05, 0.1) is 0 Å². The average Bonchev–Trinajstić information content (AvgIpc) is 2.39. The number of carbonyl (C=O) groups is 1. The van der Waals surface area contributed by atoms with E-state index in [1.807, 2.05) is 25.1 Å². The molecule has 0 aliphatic rings. The Morgan fingerprint density at radius 1 is 1.44 bits per heavy atom. The predicted octanol–water partition coefficient (Wildman–Crippen LogP) is 0.686. The Hall–Kier alpha value is -1.20. The second-order valence-electron chi connectivity index (χ2n) is 3.93. The van der Waals surface area contributed by atoms with Crippen LogP contribution in [0.4, 0.5) is 0 Å². The lowest BCUT2D eigenvalue weighted by molar-refractivity contribution is 0.0956. The van der Waals surface area contributed by atoms with E-state index in [1.54, 1.807) is 6.07 Å². The number of benzene rings is 1. The second-order valence-corrected chi connectivity index (χ2v) is 5.79. The Labute approximate surface area is 110 Å². The van der Waals surface area contributed by atoms with Gasteiger partial charge in [-0.2, -0.15) is 0 Å². The third kappa shape index (κ3) is 4.98. The summed E-state index contributed by atoms with van der Waals surface area (Å²) in [6.07, 6.45) is 0.765. The van der Waals surface area contributed by atoms with Crippen LogP contribution >= 0.6 is 0 Å². The third-order valence-corrected chi connectivity index (χ3v) is 3.86. The molecule has 1 unspecified atom stereocenters. The molecule has 0 spiro atoms. The van der Waals surface area contributed by atoms with E-state index in [2.05, 4.69) is 5.32 Å². The number of amides is 1. The van der Waals surface area contributed by atoms with Crippen molar-refractivity contribution in [3.8, 4) is 0 Å². The van der Waals surface area contributed by atoms with Gasteiger partial charge in [-0.1, -0.05) is 19.1 Å². The molecule has 18 heavy (non-hydrogen) atoms. The fourth-order valence-electron chi connectivity index (χ4n) is 1.56. The van der Waals surface area contributed by atoms with Crippen LogP contribution in [0.1, 0.15) is 22.8 Å². The van der Waals surface area contributed by atoms with E-state index in [1.165, 1.54) is 0 Å². The van der Waals surface area contributed by atoms with Crippen LogP contribution in [0.2, 0.25) is 0 Å².